The van der Waals surface area contributed by atoms with Crippen molar-refractivity contribution in [2.75, 3.05) is 11.9 Å². The molecule has 1 amide bonds. The van der Waals surface area contributed by atoms with Crippen LogP contribution in [0.2, 0.25) is 0 Å². The Morgan fingerprint density at radius 2 is 1.63 bits per heavy atom. The van der Waals surface area contributed by atoms with E-state index < -0.39 is 18.2 Å². The quantitative estimate of drug-likeness (QED) is 0.243. The molecule has 0 saturated carbocycles. The Hall–Kier alpha value is -4.23. The van der Waals surface area contributed by atoms with Gasteiger partial charge in [0.1, 0.15) is 11.9 Å². The third-order valence-corrected chi connectivity index (χ3v) is 7.60. The number of hydrogen-bond acceptors (Lipinski definition) is 4. The minimum absolute atomic E-state index is 0.000714. The van der Waals surface area contributed by atoms with Gasteiger partial charge in [-0.3, -0.25) is 9.59 Å². The van der Waals surface area contributed by atoms with Gasteiger partial charge in [0.05, 0.1) is 23.8 Å². The lowest BCUT2D eigenvalue weighted by Gasteiger charge is -2.27. The van der Waals surface area contributed by atoms with Gasteiger partial charge in [0.15, 0.2) is 0 Å². The second kappa shape index (κ2) is 12.1. The normalized spacial score (nSPS) is 17.0. The van der Waals surface area contributed by atoms with Crippen molar-refractivity contribution >= 4 is 17.6 Å². The number of nitrogens with zero attached hydrogens (tertiary/aromatic N) is 2. The van der Waals surface area contributed by atoms with Crippen molar-refractivity contribution in [1.29, 1.82) is 0 Å². The van der Waals surface area contributed by atoms with E-state index in [1.165, 1.54) is 12.1 Å². The number of para-hydroxylation sites is 1. The standard InChI is InChI=1S/C34H35FN2O4/c1-22(2)32-31(34(40)36(3)26-12-8-5-9-13-26)30(23-10-6-4-7-11-23)33(24-14-16-25(35)17-15-24)37(32)19-18-28-20-27(38)21-29(39)41-28/h4-17,22,27-28,38H,18-21H2,1-3H3. The maximum atomic E-state index is 14.5. The van der Waals surface area contributed by atoms with E-state index in [1.807, 2.05) is 60.7 Å². The fourth-order valence-electron chi connectivity index (χ4n) is 5.73. The van der Waals surface area contributed by atoms with Gasteiger partial charge in [0, 0.05) is 43.4 Å². The molecule has 1 fully saturated rings. The van der Waals surface area contributed by atoms with Crippen LogP contribution in [0.4, 0.5) is 10.1 Å². The Balaban J connectivity index is 1.74. The first-order chi connectivity index (χ1) is 19.7. The van der Waals surface area contributed by atoms with Gasteiger partial charge in [0.25, 0.3) is 5.91 Å². The number of amides is 1. The van der Waals surface area contributed by atoms with Gasteiger partial charge in [-0.25, -0.2) is 4.39 Å². The molecule has 7 heteroatoms. The van der Waals surface area contributed by atoms with Crippen LogP contribution in [0.3, 0.4) is 0 Å². The number of anilines is 1. The molecule has 1 aromatic heterocycles. The molecule has 1 aliphatic heterocycles. The van der Waals surface area contributed by atoms with Crippen molar-refractivity contribution in [2.24, 2.45) is 0 Å². The van der Waals surface area contributed by atoms with E-state index in [2.05, 4.69) is 18.4 Å². The highest BCUT2D eigenvalue weighted by atomic mass is 19.1. The summed E-state index contributed by atoms with van der Waals surface area (Å²) in [5, 5.41) is 10.2. The highest BCUT2D eigenvalue weighted by molar-refractivity contribution is 6.13. The predicted molar refractivity (Wildman–Crippen MR) is 158 cm³/mol. The van der Waals surface area contributed by atoms with Crippen molar-refractivity contribution in [3.8, 4) is 22.4 Å². The van der Waals surface area contributed by atoms with Crippen LogP contribution >= 0.6 is 0 Å². The van der Waals surface area contributed by atoms with Crippen LogP contribution in [0.25, 0.3) is 22.4 Å². The predicted octanol–water partition coefficient (Wildman–Crippen LogP) is 6.82. The van der Waals surface area contributed by atoms with Crippen molar-refractivity contribution < 1.29 is 23.8 Å². The molecule has 2 atom stereocenters. The summed E-state index contributed by atoms with van der Waals surface area (Å²) in [7, 11) is 1.77. The molecule has 2 heterocycles. The summed E-state index contributed by atoms with van der Waals surface area (Å²) in [6.45, 7) is 4.55. The zero-order valence-corrected chi connectivity index (χ0v) is 23.6. The van der Waals surface area contributed by atoms with Crippen molar-refractivity contribution in [3.63, 3.8) is 0 Å². The lowest BCUT2D eigenvalue weighted by atomic mass is 9.94. The molecule has 1 N–H and O–H groups in total. The first-order valence-electron chi connectivity index (χ1n) is 14.0. The number of carbonyl (C=O) groups excluding carboxylic acids is 2. The number of aromatic nitrogens is 1. The molecule has 212 valence electrons. The fraction of sp³-hybridized carbons (Fsp3) is 0.294. The number of aliphatic hydroxyl groups excluding tert-OH is 1. The molecule has 6 nitrogen and oxygen atoms in total. The van der Waals surface area contributed by atoms with E-state index in [4.69, 9.17) is 4.74 Å². The van der Waals surface area contributed by atoms with E-state index >= 15 is 0 Å². The Morgan fingerprint density at radius 3 is 2.24 bits per heavy atom. The monoisotopic (exact) mass is 554 g/mol. The molecule has 5 rings (SSSR count). The van der Waals surface area contributed by atoms with E-state index in [0.717, 1.165) is 33.8 Å². The second-order valence-corrected chi connectivity index (χ2v) is 10.9. The minimum Gasteiger partial charge on any atom is -0.462 e. The number of esters is 1. The van der Waals surface area contributed by atoms with E-state index in [-0.39, 0.29) is 24.1 Å². The molecule has 1 saturated heterocycles. The molecule has 0 aliphatic carbocycles. The van der Waals surface area contributed by atoms with Gasteiger partial charge < -0.3 is 19.3 Å². The zero-order valence-electron chi connectivity index (χ0n) is 23.6. The van der Waals surface area contributed by atoms with Gasteiger partial charge >= 0.3 is 5.97 Å². The summed E-state index contributed by atoms with van der Waals surface area (Å²) in [5.74, 6) is -0.954. The topological polar surface area (TPSA) is 71.8 Å². The molecule has 0 spiro atoms. The summed E-state index contributed by atoms with van der Waals surface area (Å²) in [4.78, 5) is 28.2. The van der Waals surface area contributed by atoms with Gasteiger partial charge in [0.2, 0.25) is 0 Å². The Labute approximate surface area is 240 Å². The van der Waals surface area contributed by atoms with Crippen LogP contribution in [0, 0.1) is 5.82 Å². The van der Waals surface area contributed by atoms with Gasteiger partial charge in [-0.05, 0) is 53.4 Å². The second-order valence-electron chi connectivity index (χ2n) is 10.9. The number of halogens is 1. The highest BCUT2D eigenvalue weighted by Gasteiger charge is 2.33. The Bertz CT molecular complexity index is 1510. The first-order valence-corrected chi connectivity index (χ1v) is 14.0. The summed E-state index contributed by atoms with van der Waals surface area (Å²) in [5.41, 5.74) is 5.41. The summed E-state index contributed by atoms with van der Waals surface area (Å²) in [6.07, 6.45) is -0.350. The Kier molecular flexibility index (Phi) is 8.36. The number of carbonyl (C=O) groups is 2. The molecular formula is C34H35FN2O4. The number of rotatable bonds is 8. The van der Waals surface area contributed by atoms with Crippen molar-refractivity contribution in [2.45, 2.75) is 57.8 Å². The van der Waals surface area contributed by atoms with E-state index in [1.54, 1.807) is 24.1 Å². The molecule has 3 aromatic carbocycles. The SMILES string of the molecule is CC(C)c1c(C(=O)N(C)c2ccccc2)c(-c2ccccc2)c(-c2ccc(F)cc2)n1CCC1CC(O)CC(=O)O1. The molecule has 1 aliphatic rings. The number of ether oxygens (including phenoxy) is 1. The maximum Gasteiger partial charge on any atom is 0.308 e. The fourth-order valence-corrected chi connectivity index (χ4v) is 5.73. The third-order valence-electron chi connectivity index (χ3n) is 7.60. The highest BCUT2D eigenvalue weighted by Crippen LogP contribution is 2.43. The molecular weight excluding hydrogens is 519 g/mol. The van der Waals surface area contributed by atoms with Crippen LogP contribution in [-0.2, 0) is 16.1 Å². The molecule has 4 aromatic rings. The van der Waals surface area contributed by atoms with Gasteiger partial charge in [-0.15, -0.1) is 0 Å². The number of cyclic esters (lactones) is 1. The lowest BCUT2D eigenvalue weighted by Crippen LogP contribution is -2.33. The summed E-state index contributed by atoms with van der Waals surface area (Å²) >= 11 is 0. The van der Waals surface area contributed by atoms with Crippen molar-refractivity contribution in [1.82, 2.24) is 4.57 Å². The average molecular weight is 555 g/mol. The average Bonchev–Trinajstić information content (AvgIpc) is 3.31. The van der Waals surface area contributed by atoms with Gasteiger partial charge in [-0.1, -0.05) is 62.4 Å². The molecule has 41 heavy (non-hydrogen) atoms. The van der Waals surface area contributed by atoms with Crippen LogP contribution in [-0.4, -0.2) is 40.8 Å². The van der Waals surface area contributed by atoms with E-state index in [0.29, 0.717) is 24.9 Å². The minimum atomic E-state index is -0.733. The largest absolute Gasteiger partial charge is 0.462 e. The zero-order chi connectivity index (χ0) is 29.1. The van der Waals surface area contributed by atoms with E-state index in [9.17, 15) is 19.1 Å². The summed E-state index contributed by atoms with van der Waals surface area (Å²) in [6, 6.07) is 25.6. The molecule has 0 bridgehead atoms. The molecule has 2 unspecified atom stereocenters. The Morgan fingerprint density at radius 1 is 1.00 bits per heavy atom. The first kappa shape index (κ1) is 28.3. The number of benzene rings is 3. The molecule has 0 radical (unpaired) electrons. The van der Waals surface area contributed by atoms with Gasteiger partial charge in [-0.2, -0.15) is 0 Å². The number of aliphatic hydroxyl groups is 1. The summed E-state index contributed by atoms with van der Waals surface area (Å²) < 4.78 is 21.8. The van der Waals surface area contributed by atoms with Crippen LogP contribution in [0.5, 0.6) is 0 Å². The van der Waals surface area contributed by atoms with Crippen molar-refractivity contribution in [3.05, 3.63) is 102 Å². The smallest absolute Gasteiger partial charge is 0.308 e. The third kappa shape index (κ3) is 5.95. The van der Waals surface area contributed by atoms with Crippen LogP contribution in [0.1, 0.15) is 55.1 Å². The lowest BCUT2D eigenvalue weighted by molar-refractivity contribution is -0.160. The number of hydrogen-bond donors (Lipinski definition) is 1. The van der Waals surface area contributed by atoms with Crippen LogP contribution in [0.15, 0.2) is 84.9 Å². The maximum absolute atomic E-state index is 14.5. The van der Waals surface area contributed by atoms with Crippen LogP contribution < -0.4 is 4.90 Å².